The van der Waals surface area contributed by atoms with E-state index in [0.717, 1.165) is 22.4 Å². The van der Waals surface area contributed by atoms with E-state index >= 15 is 0 Å². The lowest BCUT2D eigenvalue weighted by Crippen LogP contribution is -2.14. The summed E-state index contributed by atoms with van der Waals surface area (Å²) < 4.78 is 12.9. The quantitative estimate of drug-likeness (QED) is 0.727. The zero-order valence-corrected chi connectivity index (χ0v) is 14.6. The van der Waals surface area contributed by atoms with E-state index in [1.807, 2.05) is 32.0 Å². The van der Waals surface area contributed by atoms with Gasteiger partial charge in [-0.2, -0.15) is 0 Å². The molecule has 0 radical (unpaired) electrons. The maximum Gasteiger partial charge on any atom is 0.258 e. The molecule has 6 heteroatoms. The fourth-order valence-electron chi connectivity index (χ4n) is 2.38. The molecule has 0 bridgehead atoms. The SMILES string of the molecule is Cc1ccc(C)c(NC(=O)c2cnc(NCc3ccc(F)cc3)nc2)c1. The van der Waals surface area contributed by atoms with Crippen molar-refractivity contribution in [2.75, 3.05) is 10.6 Å². The molecule has 0 fully saturated rings. The average molecular weight is 350 g/mol. The second kappa shape index (κ2) is 7.74. The van der Waals surface area contributed by atoms with Crippen molar-refractivity contribution >= 4 is 17.5 Å². The normalized spacial score (nSPS) is 10.4. The van der Waals surface area contributed by atoms with Crippen molar-refractivity contribution in [2.24, 2.45) is 0 Å². The molecule has 132 valence electrons. The molecule has 26 heavy (non-hydrogen) atoms. The van der Waals surface area contributed by atoms with Crippen LogP contribution in [-0.4, -0.2) is 15.9 Å². The van der Waals surface area contributed by atoms with Crippen LogP contribution < -0.4 is 10.6 Å². The highest BCUT2D eigenvalue weighted by atomic mass is 19.1. The lowest BCUT2D eigenvalue weighted by Gasteiger charge is -2.09. The smallest absolute Gasteiger partial charge is 0.258 e. The van der Waals surface area contributed by atoms with Gasteiger partial charge in [0.25, 0.3) is 5.91 Å². The van der Waals surface area contributed by atoms with Gasteiger partial charge >= 0.3 is 0 Å². The number of hydrogen-bond donors (Lipinski definition) is 2. The summed E-state index contributed by atoms with van der Waals surface area (Å²) in [6.07, 6.45) is 2.95. The number of carbonyl (C=O) groups is 1. The maximum absolute atomic E-state index is 12.9. The van der Waals surface area contributed by atoms with E-state index in [1.165, 1.54) is 24.5 Å². The molecule has 3 rings (SSSR count). The van der Waals surface area contributed by atoms with Gasteiger partial charge < -0.3 is 10.6 Å². The van der Waals surface area contributed by atoms with Gasteiger partial charge in [-0.05, 0) is 48.7 Å². The Balaban J connectivity index is 1.62. The number of nitrogens with one attached hydrogen (secondary N) is 2. The van der Waals surface area contributed by atoms with Crippen molar-refractivity contribution in [3.8, 4) is 0 Å². The number of anilines is 2. The third kappa shape index (κ3) is 4.42. The molecular weight excluding hydrogens is 331 g/mol. The van der Waals surface area contributed by atoms with E-state index in [1.54, 1.807) is 12.1 Å². The van der Waals surface area contributed by atoms with Crippen LogP contribution in [0.3, 0.4) is 0 Å². The topological polar surface area (TPSA) is 66.9 Å². The predicted octanol–water partition coefficient (Wildman–Crippen LogP) is 4.10. The molecule has 0 aliphatic rings. The first-order chi connectivity index (χ1) is 12.5. The van der Waals surface area contributed by atoms with E-state index in [4.69, 9.17) is 0 Å². The summed E-state index contributed by atoms with van der Waals surface area (Å²) >= 11 is 0. The van der Waals surface area contributed by atoms with Gasteiger partial charge in [0.1, 0.15) is 5.82 Å². The minimum atomic E-state index is -0.274. The molecular formula is C20H19FN4O. The molecule has 0 spiro atoms. The van der Waals surface area contributed by atoms with Crippen LogP contribution in [0.5, 0.6) is 0 Å². The Labute approximate surface area is 151 Å². The summed E-state index contributed by atoms with van der Waals surface area (Å²) in [5.41, 5.74) is 4.11. The maximum atomic E-state index is 12.9. The van der Waals surface area contributed by atoms with Gasteiger partial charge in [0.15, 0.2) is 0 Å². The first kappa shape index (κ1) is 17.5. The summed E-state index contributed by atoms with van der Waals surface area (Å²) in [5, 5.41) is 5.91. The fraction of sp³-hybridized carbons (Fsp3) is 0.150. The number of benzene rings is 2. The molecule has 5 nitrogen and oxygen atoms in total. The van der Waals surface area contributed by atoms with Crippen LogP contribution in [0, 0.1) is 19.7 Å². The lowest BCUT2D eigenvalue weighted by molar-refractivity contribution is 0.102. The number of aryl methyl sites for hydroxylation is 2. The Morgan fingerprint density at radius 1 is 1.04 bits per heavy atom. The van der Waals surface area contributed by atoms with Crippen molar-refractivity contribution in [2.45, 2.75) is 20.4 Å². The van der Waals surface area contributed by atoms with Crippen LogP contribution in [-0.2, 0) is 6.54 Å². The van der Waals surface area contributed by atoms with Gasteiger partial charge in [0, 0.05) is 24.6 Å². The molecule has 1 aromatic heterocycles. The summed E-state index contributed by atoms with van der Waals surface area (Å²) in [6, 6.07) is 12.1. The van der Waals surface area contributed by atoms with Crippen molar-refractivity contribution in [1.29, 1.82) is 0 Å². The number of hydrogen-bond acceptors (Lipinski definition) is 4. The summed E-state index contributed by atoms with van der Waals surface area (Å²) in [6.45, 7) is 4.38. The molecule has 2 N–H and O–H groups in total. The number of nitrogens with zero attached hydrogens (tertiary/aromatic N) is 2. The second-order valence-corrected chi connectivity index (χ2v) is 6.05. The zero-order chi connectivity index (χ0) is 18.5. The Hall–Kier alpha value is -3.28. The van der Waals surface area contributed by atoms with Gasteiger partial charge in [-0.3, -0.25) is 4.79 Å². The number of aromatic nitrogens is 2. The first-order valence-electron chi connectivity index (χ1n) is 8.20. The first-order valence-corrected chi connectivity index (χ1v) is 8.20. The number of rotatable bonds is 5. The number of amides is 1. The highest BCUT2D eigenvalue weighted by molar-refractivity contribution is 6.04. The lowest BCUT2D eigenvalue weighted by atomic mass is 10.1. The minimum Gasteiger partial charge on any atom is -0.350 e. The predicted molar refractivity (Wildman–Crippen MR) is 99.6 cm³/mol. The Bertz CT molecular complexity index is 908. The monoisotopic (exact) mass is 350 g/mol. The van der Waals surface area contributed by atoms with Crippen LogP contribution in [0.2, 0.25) is 0 Å². The zero-order valence-electron chi connectivity index (χ0n) is 14.6. The van der Waals surface area contributed by atoms with Crippen molar-refractivity contribution in [3.05, 3.63) is 82.9 Å². The Kier molecular flexibility index (Phi) is 5.22. The molecule has 1 heterocycles. The number of carbonyl (C=O) groups excluding carboxylic acids is 1. The molecule has 0 aliphatic carbocycles. The summed E-state index contributed by atoms with van der Waals surface area (Å²) in [5.74, 6) is -0.134. The molecule has 0 unspecified atom stereocenters. The van der Waals surface area contributed by atoms with Crippen LogP contribution in [0.25, 0.3) is 0 Å². The molecule has 3 aromatic rings. The van der Waals surface area contributed by atoms with Crippen LogP contribution >= 0.6 is 0 Å². The fourth-order valence-corrected chi connectivity index (χ4v) is 2.38. The van der Waals surface area contributed by atoms with E-state index < -0.39 is 0 Å². The largest absolute Gasteiger partial charge is 0.350 e. The van der Waals surface area contributed by atoms with Gasteiger partial charge in [0.05, 0.1) is 5.56 Å². The Morgan fingerprint density at radius 3 is 2.42 bits per heavy atom. The van der Waals surface area contributed by atoms with E-state index in [2.05, 4.69) is 20.6 Å². The van der Waals surface area contributed by atoms with Gasteiger partial charge in [-0.1, -0.05) is 24.3 Å². The summed E-state index contributed by atoms with van der Waals surface area (Å²) in [7, 11) is 0. The van der Waals surface area contributed by atoms with Crippen molar-refractivity contribution < 1.29 is 9.18 Å². The van der Waals surface area contributed by atoms with E-state index in [0.29, 0.717) is 18.1 Å². The van der Waals surface area contributed by atoms with Gasteiger partial charge in [0.2, 0.25) is 5.95 Å². The van der Waals surface area contributed by atoms with Gasteiger partial charge in [-0.25, -0.2) is 14.4 Å². The van der Waals surface area contributed by atoms with Crippen LogP contribution in [0.15, 0.2) is 54.9 Å². The highest BCUT2D eigenvalue weighted by Gasteiger charge is 2.09. The molecule has 0 atom stereocenters. The molecule has 0 saturated heterocycles. The molecule has 2 aromatic carbocycles. The van der Waals surface area contributed by atoms with Crippen molar-refractivity contribution in [1.82, 2.24) is 9.97 Å². The van der Waals surface area contributed by atoms with E-state index in [-0.39, 0.29) is 11.7 Å². The number of halogens is 1. The Morgan fingerprint density at radius 2 is 1.73 bits per heavy atom. The average Bonchev–Trinajstić information content (AvgIpc) is 2.64. The summed E-state index contributed by atoms with van der Waals surface area (Å²) in [4.78, 5) is 20.7. The highest BCUT2D eigenvalue weighted by Crippen LogP contribution is 2.17. The van der Waals surface area contributed by atoms with Gasteiger partial charge in [-0.15, -0.1) is 0 Å². The standard InChI is InChI=1S/C20H19FN4O/c1-13-3-4-14(2)18(9-13)25-19(26)16-11-23-20(24-12-16)22-10-15-5-7-17(21)8-6-15/h3-9,11-12H,10H2,1-2H3,(H,25,26)(H,22,23,24). The molecule has 1 amide bonds. The second-order valence-electron chi connectivity index (χ2n) is 6.05. The van der Waals surface area contributed by atoms with E-state index in [9.17, 15) is 9.18 Å². The molecule has 0 aliphatic heterocycles. The third-order valence-corrected chi connectivity index (χ3v) is 3.92. The minimum absolute atomic E-state index is 0.260. The molecule has 0 saturated carbocycles. The third-order valence-electron chi connectivity index (χ3n) is 3.92. The van der Waals surface area contributed by atoms with Crippen LogP contribution in [0.4, 0.5) is 16.0 Å². The van der Waals surface area contributed by atoms with Crippen LogP contribution in [0.1, 0.15) is 27.0 Å². The van der Waals surface area contributed by atoms with Crippen molar-refractivity contribution in [3.63, 3.8) is 0 Å².